The summed E-state index contributed by atoms with van der Waals surface area (Å²) in [5, 5.41) is 0. The second kappa shape index (κ2) is 9.86. The van der Waals surface area contributed by atoms with E-state index in [9.17, 15) is 18.0 Å². The first-order valence-corrected chi connectivity index (χ1v) is 13.0. The number of benzene rings is 1. The summed E-state index contributed by atoms with van der Waals surface area (Å²) in [6.45, 7) is 4.10. The lowest BCUT2D eigenvalue weighted by Gasteiger charge is -2.42. The van der Waals surface area contributed by atoms with Gasteiger partial charge in [0.2, 0.25) is 15.9 Å². The average Bonchev–Trinajstić information content (AvgIpc) is 2.82. The van der Waals surface area contributed by atoms with Crippen molar-refractivity contribution in [1.29, 1.82) is 0 Å². The number of morpholine rings is 1. The van der Waals surface area contributed by atoms with Crippen LogP contribution in [0.15, 0.2) is 18.2 Å². The van der Waals surface area contributed by atoms with Gasteiger partial charge in [0.25, 0.3) is 5.91 Å². The monoisotopic (exact) mass is 481 g/mol. The third-order valence-electron chi connectivity index (χ3n) is 6.43. The van der Waals surface area contributed by atoms with E-state index in [-0.39, 0.29) is 42.4 Å². The molecule has 1 aromatic rings. The molecule has 10 nitrogen and oxygen atoms in total. The molecule has 0 unspecified atom stereocenters. The molecule has 182 valence electrons. The van der Waals surface area contributed by atoms with Gasteiger partial charge < -0.3 is 24.0 Å². The maximum Gasteiger partial charge on any atom is 0.257 e. The topological polar surface area (TPSA) is 114 Å². The van der Waals surface area contributed by atoms with Crippen molar-refractivity contribution in [2.24, 2.45) is 0 Å². The molecule has 3 atom stereocenters. The molecule has 0 radical (unpaired) electrons. The normalized spacial score (nSPS) is 25.9. The SMILES string of the molecule is CCS(=O)(=O)Nc1ccc2c(c1)C(=O)N(C)[C@@H]1CC[C@@H](CC(=O)N3CCOCC3)O[C@H]1CO2. The molecule has 2 saturated heterocycles. The molecule has 0 bridgehead atoms. The molecule has 3 aliphatic rings. The van der Waals surface area contributed by atoms with E-state index >= 15 is 0 Å². The minimum atomic E-state index is -3.46. The standard InChI is InChI=1S/C22H31N3O7S/c1-3-33(28,29)23-15-4-7-19-17(12-15)22(27)24(2)18-6-5-16(32-20(18)14-31-19)13-21(26)25-8-10-30-11-9-25/h4,7,12,16,18,20,23H,3,5-6,8-11,13-14H2,1-2H3/t16-,18+,20-/m0/s1. The second-order valence-electron chi connectivity index (χ2n) is 8.58. The third kappa shape index (κ3) is 5.42. The maximum atomic E-state index is 13.2. The maximum absolute atomic E-state index is 13.2. The van der Waals surface area contributed by atoms with Crippen LogP contribution in [0.4, 0.5) is 5.69 Å². The van der Waals surface area contributed by atoms with Crippen molar-refractivity contribution < 1.29 is 32.2 Å². The second-order valence-corrected chi connectivity index (χ2v) is 10.6. The van der Waals surface area contributed by atoms with Crippen LogP contribution in [0.2, 0.25) is 0 Å². The van der Waals surface area contributed by atoms with Crippen molar-refractivity contribution in [2.45, 2.75) is 44.4 Å². The molecule has 0 aromatic heterocycles. The highest BCUT2D eigenvalue weighted by molar-refractivity contribution is 7.92. The molecule has 11 heteroatoms. The van der Waals surface area contributed by atoms with Crippen molar-refractivity contribution in [3.05, 3.63) is 23.8 Å². The number of sulfonamides is 1. The summed E-state index contributed by atoms with van der Waals surface area (Å²) in [5.74, 6) is 0.110. The molecule has 0 aliphatic carbocycles. The van der Waals surface area contributed by atoms with Crippen LogP contribution in [-0.2, 0) is 24.3 Å². The lowest BCUT2D eigenvalue weighted by Crippen LogP contribution is -2.54. The van der Waals surface area contributed by atoms with E-state index in [0.29, 0.717) is 62.6 Å². The number of hydrogen-bond donors (Lipinski definition) is 1. The summed E-state index contributed by atoms with van der Waals surface area (Å²) >= 11 is 0. The Bertz CT molecular complexity index is 994. The van der Waals surface area contributed by atoms with Gasteiger partial charge in [0.15, 0.2) is 0 Å². The minimum absolute atomic E-state index is 0.0605. The molecule has 1 N–H and O–H groups in total. The van der Waals surface area contributed by atoms with Gasteiger partial charge in [0, 0.05) is 25.8 Å². The third-order valence-corrected chi connectivity index (χ3v) is 7.74. The number of ether oxygens (including phenoxy) is 3. The number of carbonyl (C=O) groups is 2. The Morgan fingerprint density at radius 2 is 1.97 bits per heavy atom. The minimum Gasteiger partial charge on any atom is -0.490 e. The van der Waals surface area contributed by atoms with Gasteiger partial charge in [0.05, 0.1) is 43.1 Å². The smallest absolute Gasteiger partial charge is 0.257 e. The molecule has 3 heterocycles. The number of nitrogens with zero attached hydrogens (tertiary/aromatic N) is 2. The highest BCUT2D eigenvalue weighted by atomic mass is 32.2. The van der Waals surface area contributed by atoms with Crippen molar-refractivity contribution in [3.63, 3.8) is 0 Å². The van der Waals surface area contributed by atoms with Gasteiger partial charge in [-0.2, -0.15) is 0 Å². The molecule has 2 amide bonds. The van der Waals surface area contributed by atoms with Gasteiger partial charge >= 0.3 is 0 Å². The highest BCUT2D eigenvalue weighted by Crippen LogP contribution is 2.33. The molecule has 3 aliphatic heterocycles. The van der Waals surface area contributed by atoms with Crippen LogP contribution in [0.3, 0.4) is 0 Å². The van der Waals surface area contributed by atoms with Crippen LogP contribution in [-0.4, -0.2) is 94.0 Å². The quantitative estimate of drug-likeness (QED) is 0.669. The molecular weight excluding hydrogens is 450 g/mol. The summed E-state index contributed by atoms with van der Waals surface area (Å²) < 4.78 is 43.8. The molecule has 4 rings (SSSR count). The first-order chi connectivity index (χ1) is 15.8. The van der Waals surface area contributed by atoms with E-state index in [1.54, 1.807) is 31.0 Å². The van der Waals surface area contributed by atoms with Crippen molar-refractivity contribution in [2.75, 3.05) is 50.4 Å². The van der Waals surface area contributed by atoms with Gasteiger partial charge in [-0.1, -0.05) is 0 Å². The number of carbonyl (C=O) groups excluding carboxylic acids is 2. The lowest BCUT2D eigenvalue weighted by molar-refractivity contribution is -0.146. The van der Waals surface area contributed by atoms with E-state index in [1.165, 1.54) is 6.07 Å². The first-order valence-electron chi connectivity index (χ1n) is 11.3. The number of anilines is 1. The van der Waals surface area contributed by atoms with E-state index in [2.05, 4.69) is 4.72 Å². The zero-order valence-corrected chi connectivity index (χ0v) is 19.8. The van der Waals surface area contributed by atoms with Gasteiger partial charge in [-0.25, -0.2) is 8.42 Å². The van der Waals surface area contributed by atoms with Crippen molar-refractivity contribution in [1.82, 2.24) is 9.80 Å². The number of amides is 2. The molecule has 1 aromatic carbocycles. The summed E-state index contributed by atoms with van der Waals surface area (Å²) in [6, 6.07) is 4.48. The number of hydrogen-bond acceptors (Lipinski definition) is 7. The van der Waals surface area contributed by atoms with Crippen LogP contribution < -0.4 is 9.46 Å². The van der Waals surface area contributed by atoms with Crippen LogP contribution in [0.25, 0.3) is 0 Å². The first kappa shape index (κ1) is 23.8. The summed E-state index contributed by atoms with van der Waals surface area (Å²) in [6.07, 6.45) is 1.07. The number of fused-ring (bicyclic) bond motifs is 2. The predicted octanol–water partition coefficient (Wildman–Crippen LogP) is 1.08. The van der Waals surface area contributed by atoms with Crippen LogP contribution in [0.5, 0.6) is 5.75 Å². The van der Waals surface area contributed by atoms with Gasteiger partial charge in [-0.05, 0) is 38.0 Å². The largest absolute Gasteiger partial charge is 0.490 e. The zero-order valence-electron chi connectivity index (χ0n) is 19.0. The fourth-order valence-corrected chi connectivity index (χ4v) is 5.11. The van der Waals surface area contributed by atoms with Crippen LogP contribution in [0.1, 0.15) is 36.5 Å². The van der Waals surface area contributed by atoms with E-state index < -0.39 is 10.0 Å². The average molecular weight is 482 g/mol. The Kier molecular flexibility index (Phi) is 7.10. The molecule has 2 fully saturated rings. The van der Waals surface area contributed by atoms with Gasteiger partial charge in [-0.15, -0.1) is 0 Å². The highest BCUT2D eigenvalue weighted by Gasteiger charge is 2.39. The lowest BCUT2D eigenvalue weighted by atomic mass is 9.94. The summed E-state index contributed by atoms with van der Waals surface area (Å²) in [5.41, 5.74) is 0.622. The Morgan fingerprint density at radius 1 is 1.21 bits per heavy atom. The zero-order chi connectivity index (χ0) is 23.6. The van der Waals surface area contributed by atoms with Gasteiger partial charge in [0.1, 0.15) is 18.5 Å². The fourth-order valence-electron chi connectivity index (χ4n) is 4.48. The van der Waals surface area contributed by atoms with Gasteiger partial charge in [-0.3, -0.25) is 14.3 Å². The van der Waals surface area contributed by atoms with Crippen molar-refractivity contribution in [3.8, 4) is 5.75 Å². The van der Waals surface area contributed by atoms with Crippen molar-refractivity contribution >= 4 is 27.5 Å². The molecular formula is C22H31N3O7S. The van der Waals surface area contributed by atoms with E-state index in [0.717, 1.165) is 0 Å². The Hall–Kier alpha value is -2.37. The number of likely N-dealkylation sites (N-methyl/N-ethyl adjacent to an activating group) is 1. The summed E-state index contributed by atoms with van der Waals surface area (Å²) in [4.78, 5) is 29.3. The fraction of sp³-hybridized carbons (Fsp3) is 0.636. The van der Waals surface area contributed by atoms with E-state index in [1.807, 2.05) is 4.90 Å². The Balaban J connectivity index is 1.46. The number of nitrogens with one attached hydrogen (secondary N) is 1. The Morgan fingerprint density at radius 3 is 2.70 bits per heavy atom. The molecule has 33 heavy (non-hydrogen) atoms. The number of rotatable bonds is 5. The summed E-state index contributed by atoms with van der Waals surface area (Å²) in [7, 11) is -1.74. The Labute approximate surface area is 194 Å². The predicted molar refractivity (Wildman–Crippen MR) is 121 cm³/mol. The molecule has 0 saturated carbocycles. The van der Waals surface area contributed by atoms with E-state index in [4.69, 9.17) is 14.2 Å². The van der Waals surface area contributed by atoms with Crippen LogP contribution >= 0.6 is 0 Å². The van der Waals surface area contributed by atoms with Crippen LogP contribution in [0, 0.1) is 0 Å². The molecule has 0 spiro atoms.